The van der Waals surface area contributed by atoms with Crippen LogP contribution in [0.1, 0.15) is 0 Å². The van der Waals surface area contributed by atoms with Gasteiger partial charge in [-0.1, -0.05) is 46.4 Å². The van der Waals surface area contributed by atoms with E-state index in [1.807, 2.05) is 0 Å². The molecule has 0 radical (unpaired) electrons. The van der Waals surface area contributed by atoms with Crippen molar-refractivity contribution in [2.75, 3.05) is 27.4 Å². The van der Waals surface area contributed by atoms with Gasteiger partial charge in [-0.05, 0) is 0 Å². The summed E-state index contributed by atoms with van der Waals surface area (Å²) in [7, 11) is 3.30. The van der Waals surface area contributed by atoms with Gasteiger partial charge in [0.1, 0.15) is 0 Å². The lowest BCUT2D eigenvalue weighted by Gasteiger charge is -1.91. The van der Waals surface area contributed by atoms with Crippen LogP contribution in [0.2, 0.25) is 0 Å². The summed E-state index contributed by atoms with van der Waals surface area (Å²) in [5.74, 6) is 0. The molecule has 0 heterocycles. The third kappa shape index (κ3) is 54.9. The first-order valence-electron chi connectivity index (χ1n) is 2.65. The summed E-state index contributed by atoms with van der Waals surface area (Å²) in [6.07, 6.45) is 0. The minimum atomic E-state index is -1.61. The third-order valence-corrected chi connectivity index (χ3v) is 0.492. The zero-order valence-electron chi connectivity index (χ0n) is 6.24. The number of alkyl halides is 4. The molecule has 0 bridgehead atoms. The Hall–Kier alpha value is 1.08. The maximum absolute atomic E-state index is 4.83. The third-order valence-electron chi connectivity index (χ3n) is 0.492. The standard InChI is InChI=1S/C4H10O2.CCl4/c1-5-3-4-6-2;2-1(3,4)5/h3-4H2,1-2H3;. The van der Waals surface area contributed by atoms with E-state index in [4.69, 9.17) is 46.4 Å². The molecule has 0 atom stereocenters. The van der Waals surface area contributed by atoms with Crippen LogP contribution < -0.4 is 0 Å². The topological polar surface area (TPSA) is 18.5 Å². The lowest BCUT2D eigenvalue weighted by atomic mass is 10.8. The smallest absolute Gasteiger partial charge is 0.266 e. The molecule has 0 aliphatic heterocycles. The van der Waals surface area contributed by atoms with Gasteiger partial charge in [0, 0.05) is 14.2 Å². The maximum atomic E-state index is 4.83. The van der Waals surface area contributed by atoms with E-state index in [2.05, 4.69) is 9.47 Å². The molecule has 0 unspecified atom stereocenters. The van der Waals surface area contributed by atoms with Crippen molar-refractivity contribution in [1.82, 2.24) is 0 Å². The summed E-state index contributed by atoms with van der Waals surface area (Å²) in [5.41, 5.74) is 0. The lowest BCUT2D eigenvalue weighted by molar-refractivity contribution is 0.103. The van der Waals surface area contributed by atoms with Crippen LogP contribution in [0.15, 0.2) is 0 Å². The van der Waals surface area contributed by atoms with Gasteiger partial charge < -0.3 is 9.47 Å². The number of halogens is 4. The van der Waals surface area contributed by atoms with Gasteiger partial charge in [-0.15, -0.1) is 0 Å². The second-order valence-corrected chi connectivity index (χ2v) is 4.84. The fraction of sp³-hybridized carbons (Fsp3) is 1.00. The van der Waals surface area contributed by atoms with Gasteiger partial charge in [-0.25, -0.2) is 0 Å². The lowest BCUT2D eigenvalue weighted by Crippen LogP contribution is -1.96. The highest BCUT2D eigenvalue weighted by Gasteiger charge is 2.11. The van der Waals surface area contributed by atoms with Crippen LogP contribution in [0.25, 0.3) is 0 Å². The zero-order valence-corrected chi connectivity index (χ0v) is 9.27. The van der Waals surface area contributed by atoms with Gasteiger partial charge in [-0.2, -0.15) is 0 Å². The van der Waals surface area contributed by atoms with Crippen LogP contribution in [0.3, 0.4) is 0 Å². The molecule has 0 amide bonds. The highest BCUT2D eigenvalue weighted by atomic mass is 35.6. The van der Waals surface area contributed by atoms with E-state index in [1.165, 1.54) is 0 Å². The number of hydrogen-bond donors (Lipinski definition) is 0. The molecule has 6 heteroatoms. The van der Waals surface area contributed by atoms with Gasteiger partial charge in [0.25, 0.3) is 3.25 Å². The number of hydrogen-bond acceptors (Lipinski definition) is 2. The molecule has 0 saturated heterocycles. The van der Waals surface area contributed by atoms with Crippen LogP contribution in [0.4, 0.5) is 0 Å². The van der Waals surface area contributed by atoms with Gasteiger partial charge in [0.2, 0.25) is 0 Å². The molecule has 2 nitrogen and oxygen atoms in total. The second-order valence-electron chi connectivity index (χ2n) is 1.41. The molecule has 0 N–H and O–H groups in total. The van der Waals surface area contributed by atoms with Crippen LogP contribution in [0, 0.1) is 0 Å². The molecule has 0 aromatic heterocycles. The molecular weight excluding hydrogens is 234 g/mol. The predicted octanol–water partition coefficient (Wildman–Crippen LogP) is 2.83. The molecule has 0 fully saturated rings. The molecule has 11 heavy (non-hydrogen) atoms. The summed E-state index contributed by atoms with van der Waals surface area (Å²) >= 11 is 19.3. The first-order chi connectivity index (χ1) is 4.91. The number of methoxy groups -OCH3 is 2. The van der Waals surface area contributed by atoms with Crippen molar-refractivity contribution in [3.05, 3.63) is 0 Å². The van der Waals surface area contributed by atoms with Crippen molar-refractivity contribution in [3.63, 3.8) is 0 Å². The molecule has 0 aliphatic carbocycles. The monoisotopic (exact) mass is 242 g/mol. The summed E-state index contributed by atoms with van der Waals surface area (Å²) < 4.78 is 7.70. The normalized spacial score (nSPS) is 10.4. The highest BCUT2D eigenvalue weighted by molar-refractivity contribution is 6.83. The first kappa shape index (κ1) is 14.6. The SMILES string of the molecule is COCCOC.ClC(Cl)(Cl)Cl. The van der Waals surface area contributed by atoms with E-state index >= 15 is 0 Å². The molecule has 0 saturated carbocycles. The highest BCUT2D eigenvalue weighted by Crippen LogP contribution is 2.29. The van der Waals surface area contributed by atoms with E-state index in [9.17, 15) is 0 Å². The Morgan fingerprint density at radius 1 is 0.909 bits per heavy atom. The average molecular weight is 244 g/mol. The van der Waals surface area contributed by atoms with Crippen molar-refractivity contribution >= 4 is 46.4 Å². The Morgan fingerprint density at radius 3 is 1.18 bits per heavy atom. The van der Waals surface area contributed by atoms with E-state index in [0.29, 0.717) is 13.2 Å². The van der Waals surface area contributed by atoms with Crippen LogP contribution in [-0.2, 0) is 9.47 Å². The molecule has 70 valence electrons. The summed E-state index contributed by atoms with van der Waals surface area (Å²) in [6, 6.07) is 0. The van der Waals surface area contributed by atoms with Gasteiger partial charge in [-0.3, -0.25) is 0 Å². The van der Waals surface area contributed by atoms with Crippen molar-refractivity contribution in [2.24, 2.45) is 0 Å². The van der Waals surface area contributed by atoms with Crippen LogP contribution in [-0.4, -0.2) is 30.7 Å². The van der Waals surface area contributed by atoms with Crippen molar-refractivity contribution < 1.29 is 9.47 Å². The molecule has 0 aliphatic rings. The number of ether oxygens (including phenoxy) is 2. The summed E-state index contributed by atoms with van der Waals surface area (Å²) in [5, 5.41) is 0. The van der Waals surface area contributed by atoms with Crippen molar-refractivity contribution in [3.8, 4) is 0 Å². The van der Waals surface area contributed by atoms with Crippen molar-refractivity contribution in [2.45, 2.75) is 3.25 Å². The van der Waals surface area contributed by atoms with Crippen LogP contribution in [0.5, 0.6) is 0 Å². The van der Waals surface area contributed by atoms with E-state index < -0.39 is 3.25 Å². The van der Waals surface area contributed by atoms with E-state index in [-0.39, 0.29) is 0 Å². The molecular formula is C5H10Cl4O2. The zero-order chi connectivity index (χ0) is 9.33. The van der Waals surface area contributed by atoms with Crippen molar-refractivity contribution in [1.29, 1.82) is 0 Å². The molecule has 0 aromatic rings. The second kappa shape index (κ2) is 9.17. The van der Waals surface area contributed by atoms with E-state index in [1.54, 1.807) is 14.2 Å². The summed E-state index contributed by atoms with van der Waals surface area (Å²) in [6.45, 7) is 1.38. The molecule has 0 aromatic carbocycles. The average Bonchev–Trinajstić information content (AvgIpc) is 1.79. The predicted molar refractivity (Wildman–Crippen MR) is 49.9 cm³/mol. The fourth-order valence-corrected chi connectivity index (χ4v) is 0.167. The Bertz CT molecular complexity index is 63.4. The number of rotatable bonds is 3. The quantitative estimate of drug-likeness (QED) is 0.561. The molecule has 0 spiro atoms. The van der Waals surface area contributed by atoms with E-state index in [0.717, 1.165) is 0 Å². The Kier molecular flexibility index (Phi) is 12.2. The van der Waals surface area contributed by atoms with Crippen LogP contribution >= 0.6 is 46.4 Å². The first-order valence-corrected chi connectivity index (χ1v) is 4.16. The van der Waals surface area contributed by atoms with Gasteiger partial charge in [0.05, 0.1) is 13.2 Å². The fourth-order valence-electron chi connectivity index (χ4n) is 0.167. The largest absolute Gasteiger partial charge is 0.382 e. The Morgan fingerprint density at radius 2 is 1.09 bits per heavy atom. The van der Waals surface area contributed by atoms with Gasteiger partial charge >= 0.3 is 0 Å². The Balaban J connectivity index is 0. The molecule has 0 rings (SSSR count). The summed E-state index contributed by atoms with van der Waals surface area (Å²) in [4.78, 5) is 0. The van der Waals surface area contributed by atoms with Gasteiger partial charge in [0.15, 0.2) is 0 Å². The maximum Gasteiger partial charge on any atom is 0.266 e. The Labute approximate surface area is 86.6 Å². The minimum Gasteiger partial charge on any atom is -0.382 e. The minimum absolute atomic E-state index is 0.691.